The highest BCUT2D eigenvalue weighted by molar-refractivity contribution is 6.39. The van der Waals surface area contributed by atoms with Crippen LogP contribution in [0.15, 0.2) is 70.4 Å². The van der Waals surface area contributed by atoms with E-state index in [0.717, 1.165) is 12.0 Å². The summed E-state index contributed by atoms with van der Waals surface area (Å²) < 4.78 is 35.2. The number of esters is 2. The van der Waals surface area contributed by atoms with Gasteiger partial charge in [-0.3, -0.25) is 24.0 Å². The van der Waals surface area contributed by atoms with E-state index in [0.29, 0.717) is 69.1 Å². The summed E-state index contributed by atoms with van der Waals surface area (Å²) in [5.74, 6) is -6.06. The number of cyclic esters (lactones) is 1. The number of carbonyl (C=O) groups is 6. The number of ether oxygens (including phenoxy) is 5. The largest absolute Gasteiger partial charge is 0.469 e. The molecule has 1 aromatic heterocycles. The van der Waals surface area contributed by atoms with Crippen molar-refractivity contribution in [3.8, 4) is 12.3 Å². The lowest BCUT2D eigenvalue weighted by Gasteiger charge is -2.42. The average Bonchev–Trinajstić information content (AvgIpc) is 3.92. The number of hydrogen-bond donors (Lipinski definition) is 2. The molecule has 74 heavy (non-hydrogen) atoms. The van der Waals surface area contributed by atoms with Gasteiger partial charge in [0.15, 0.2) is 12.4 Å². The molecule has 4 heterocycles. The van der Waals surface area contributed by atoms with Crippen molar-refractivity contribution in [2.45, 2.75) is 180 Å². The molecule has 3 fully saturated rings. The summed E-state index contributed by atoms with van der Waals surface area (Å²) in [6.07, 6.45) is 19.3. The SMILES string of the molecule is C#CCOC(=O)C[C@H]1CC[C@@H](C[C@@H](C)[C@@H]2CC(=O)[C@H](C)/C=C(\C)[C@@H](O)[C@@H](OC)C(=O)[C@H](C)C[C@H](C)/C=C/C=C/C=C(\C)C(c3ccco3)C[C@@H]3CC[C@@H](C)[C@@](O)(O3)C(=O)C(=O)N3CCCC[C@H]3C(=O)O2)C[C@H]1OC. The number of ketones is 3. The zero-order valence-electron chi connectivity index (χ0n) is 45.2. The number of Topliss-reactive ketones (excluding diaryl/α,β-unsaturated/α-hetero) is 3. The Morgan fingerprint density at radius 3 is 2.39 bits per heavy atom. The average molecular weight is 1030 g/mol. The van der Waals surface area contributed by atoms with Crippen LogP contribution < -0.4 is 0 Å². The van der Waals surface area contributed by atoms with Crippen LogP contribution in [-0.4, -0.2) is 120 Å². The predicted molar refractivity (Wildman–Crippen MR) is 278 cm³/mol. The van der Waals surface area contributed by atoms with Crippen LogP contribution in [-0.2, 0) is 52.5 Å². The molecule has 1 saturated carbocycles. The molecule has 2 saturated heterocycles. The molecule has 1 aliphatic carbocycles. The fraction of sp³-hybridized carbons (Fsp3) is 0.661. The summed E-state index contributed by atoms with van der Waals surface area (Å²) in [4.78, 5) is 85.4. The van der Waals surface area contributed by atoms with Gasteiger partial charge in [-0.2, -0.15) is 0 Å². The Hall–Kier alpha value is -4.98. The molecule has 2 N–H and O–H groups in total. The summed E-state index contributed by atoms with van der Waals surface area (Å²) >= 11 is 0. The van der Waals surface area contributed by atoms with Crippen LogP contribution in [0.5, 0.6) is 0 Å². The van der Waals surface area contributed by atoms with Gasteiger partial charge in [-0.25, -0.2) is 4.79 Å². The van der Waals surface area contributed by atoms with Gasteiger partial charge in [0.25, 0.3) is 11.7 Å². The summed E-state index contributed by atoms with van der Waals surface area (Å²) in [7, 11) is 2.98. The highest BCUT2D eigenvalue weighted by atomic mass is 16.6. The molecular weight excluding hydrogens is 947 g/mol. The first-order valence-electron chi connectivity index (χ1n) is 26.8. The predicted octanol–water partition coefficient (Wildman–Crippen LogP) is 8.36. The molecule has 5 rings (SSSR count). The van der Waals surface area contributed by atoms with Gasteiger partial charge in [0.1, 0.15) is 35.9 Å². The van der Waals surface area contributed by atoms with Gasteiger partial charge in [0, 0.05) is 50.9 Å². The van der Waals surface area contributed by atoms with E-state index in [1.807, 2.05) is 64.1 Å². The lowest BCUT2D eigenvalue weighted by atomic mass is 9.74. The van der Waals surface area contributed by atoms with E-state index in [2.05, 4.69) is 5.92 Å². The molecule has 2 bridgehead atoms. The van der Waals surface area contributed by atoms with Crippen molar-refractivity contribution in [3.05, 3.63) is 71.8 Å². The van der Waals surface area contributed by atoms with E-state index in [1.54, 1.807) is 46.3 Å². The second-order valence-electron chi connectivity index (χ2n) is 21.7. The Bertz CT molecular complexity index is 2240. The Morgan fingerprint density at radius 1 is 0.946 bits per heavy atom. The van der Waals surface area contributed by atoms with Crippen molar-refractivity contribution in [2.24, 2.45) is 41.4 Å². The third-order valence-electron chi connectivity index (χ3n) is 16.1. The first-order valence-corrected chi connectivity index (χ1v) is 26.8. The zero-order chi connectivity index (χ0) is 54.3. The molecule has 0 radical (unpaired) electrons. The number of amides is 1. The zero-order valence-corrected chi connectivity index (χ0v) is 45.2. The Labute approximate surface area is 438 Å². The Morgan fingerprint density at radius 2 is 1.70 bits per heavy atom. The van der Waals surface area contributed by atoms with E-state index in [-0.39, 0.29) is 79.7 Å². The van der Waals surface area contributed by atoms with Gasteiger partial charge in [-0.1, -0.05) is 82.6 Å². The summed E-state index contributed by atoms with van der Waals surface area (Å²) in [5.41, 5.74) is 1.30. The minimum Gasteiger partial charge on any atom is -0.469 e. The molecule has 0 spiro atoms. The molecule has 15 atom stereocenters. The highest BCUT2D eigenvalue weighted by Gasteiger charge is 2.53. The fourth-order valence-electron chi connectivity index (χ4n) is 11.4. The van der Waals surface area contributed by atoms with Gasteiger partial charge in [-0.05, 0) is 126 Å². The van der Waals surface area contributed by atoms with Crippen LogP contribution in [0, 0.1) is 53.8 Å². The van der Waals surface area contributed by atoms with Crippen molar-refractivity contribution >= 4 is 35.2 Å². The van der Waals surface area contributed by atoms with E-state index < -0.39 is 77.6 Å². The molecule has 15 nitrogen and oxygen atoms in total. The monoisotopic (exact) mass is 1030 g/mol. The van der Waals surface area contributed by atoms with E-state index >= 15 is 0 Å². The lowest BCUT2D eigenvalue weighted by molar-refractivity contribution is -0.264. The number of furan rings is 1. The minimum atomic E-state index is -2.47. The number of fused-ring (bicyclic) bond motifs is 3. The number of terminal acetylenes is 1. The molecule has 1 amide bonds. The molecule has 1 unspecified atom stereocenters. The quantitative estimate of drug-likeness (QED) is 0.103. The molecule has 408 valence electrons. The van der Waals surface area contributed by atoms with Crippen molar-refractivity contribution in [1.82, 2.24) is 4.90 Å². The number of aliphatic hydroxyl groups excluding tert-OH is 1. The van der Waals surface area contributed by atoms with Gasteiger partial charge < -0.3 is 43.2 Å². The molecule has 0 aromatic carbocycles. The number of rotatable bonds is 9. The maximum Gasteiger partial charge on any atom is 0.329 e. The van der Waals surface area contributed by atoms with Crippen molar-refractivity contribution in [3.63, 3.8) is 0 Å². The molecule has 1 aromatic rings. The number of allylic oxidation sites excluding steroid dienone is 7. The van der Waals surface area contributed by atoms with Crippen LogP contribution in [0.2, 0.25) is 0 Å². The van der Waals surface area contributed by atoms with Crippen molar-refractivity contribution in [2.75, 3.05) is 27.4 Å². The lowest BCUT2D eigenvalue weighted by Crippen LogP contribution is -2.60. The Kier molecular flexibility index (Phi) is 22.9. The number of nitrogens with zero attached hydrogens (tertiary/aromatic N) is 1. The van der Waals surface area contributed by atoms with Gasteiger partial charge in [0.2, 0.25) is 5.79 Å². The standard InChI is InChI=1S/C59H83NO14/c1-11-27-72-52(62)33-44-24-23-43(32-51(44)69-9)31-39(5)50-35-48(61)38(4)30-41(7)54(64)55(70-10)53(63)40(6)29-36(2)18-13-12-14-19-37(3)46(49-21-17-28-71-49)34-45-25-22-42(8)59(68,74-45)56(65)57(66)60-26-16-15-20-47(60)58(67)73-50/h1,12-14,17-19,21,28,30,36,38-40,42-47,50-51,54-55,64,68H,15-16,20,22-27,29,31-35H2,2-10H3/b14-12+,18-13+,37-19+,41-30+/t36-,38-,39-,40-,42-,43+,44-,45+,46?,47+,50+,51-,54-,55+,59-/m1/s1. The van der Waals surface area contributed by atoms with Crippen LogP contribution in [0.3, 0.4) is 0 Å². The third kappa shape index (κ3) is 15.8. The van der Waals surface area contributed by atoms with Crippen LogP contribution >= 0.6 is 0 Å². The number of methoxy groups -OCH3 is 2. The number of piperidine rings is 1. The molecule has 3 aliphatic heterocycles. The number of hydrogen-bond acceptors (Lipinski definition) is 14. The molecule has 15 heteroatoms. The first-order chi connectivity index (χ1) is 35.2. The van der Waals surface area contributed by atoms with Gasteiger partial charge >= 0.3 is 11.9 Å². The number of aliphatic hydroxyl groups is 2. The topological polar surface area (TPSA) is 205 Å². The van der Waals surface area contributed by atoms with Crippen LogP contribution in [0.25, 0.3) is 0 Å². The van der Waals surface area contributed by atoms with Crippen molar-refractivity contribution in [1.29, 1.82) is 0 Å². The molecule has 4 aliphatic rings. The highest BCUT2D eigenvalue weighted by Crippen LogP contribution is 2.41. The van der Waals surface area contributed by atoms with Crippen LogP contribution in [0.1, 0.15) is 144 Å². The van der Waals surface area contributed by atoms with Gasteiger partial charge in [0.05, 0.1) is 24.9 Å². The second-order valence-corrected chi connectivity index (χ2v) is 21.7. The smallest absolute Gasteiger partial charge is 0.329 e. The summed E-state index contributed by atoms with van der Waals surface area (Å²) in [6, 6.07) is 2.48. The first kappa shape index (κ1) is 59.9. The molecular formula is C59H83NO14. The van der Waals surface area contributed by atoms with Crippen LogP contribution in [0.4, 0.5) is 0 Å². The Balaban J connectivity index is 1.47. The third-order valence-corrected chi connectivity index (χ3v) is 16.1. The summed E-state index contributed by atoms with van der Waals surface area (Å²) in [5, 5.41) is 23.7. The van der Waals surface area contributed by atoms with E-state index in [1.165, 1.54) is 12.0 Å². The normalized spacial score (nSPS) is 36.7. The summed E-state index contributed by atoms with van der Waals surface area (Å²) in [6.45, 7) is 12.7. The van der Waals surface area contributed by atoms with E-state index in [9.17, 15) is 39.0 Å². The maximum atomic E-state index is 14.6. The van der Waals surface area contributed by atoms with Crippen molar-refractivity contribution < 1.29 is 67.1 Å². The second kappa shape index (κ2) is 28.2. The minimum absolute atomic E-state index is 0.00405. The van der Waals surface area contributed by atoms with Gasteiger partial charge in [-0.15, -0.1) is 6.42 Å². The fourth-order valence-corrected chi connectivity index (χ4v) is 11.4. The number of carbonyl (C=O) groups excluding carboxylic acids is 6. The van der Waals surface area contributed by atoms with E-state index in [4.69, 9.17) is 34.5 Å². The maximum absolute atomic E-state index is 14.6.